The Labute approximate surface area is 198 Å². The van der Waals surface area contributed by atoms with Crippen LogP contribution in [0.2, 0.25) is 0 Å². The van der Waals surface area contributed by atoms with Gasteiger partial charge in [0.2, 0.25) is 0 Å². The molecule has 2 heterocycles. The van der Waals surface area contributed by atoms with Crippen LogP contribution in [0.3, 0.4) is 0 Å². The van der Waals surface area contributed by atoms with Crippen molar-refractivity contribution in [2.75, 3.05) is 12.3 Å². The van der Waals surface area contributed by atoms with Crippen molar-refractivity contribution in [2.24, 2.45) is 5.92 Å². The number of carbonyl (C=O) groups is 1. The predicted octanol–water partition coefficient (Wildman–Crippen LogP) is 2.88. The summed E-state index contributed by atoms with van der Waals surface area (Å²) < 4.78 is 37.4. The van der Waals surface area contributed by atoms with Crippen LogP contribution in [0.1, 0.15) is 40.3 Å². The van der Waals surface area contributed by atoms with Gasteiger partial charge in [-0.15, -0.1) is 0 Å². The van der Waals surface area contributed by atoms with E-state index in [4.69, 9.17) is 24.3 Å². The maximum atomic E-state index is 13.6. The van der Waals surface area contributed by atoms with E-state index in [1.165, 1.54) is 23.8 Å². The minimum atomic E-state index is -4.00. The number of para-hydroxylation sites is 1. The lowest BCUT2D eigenvalue weighted by molar-refractivity contribution is -0.149. The third kappa shape index (κ3) is 6.89. The fraction of sp³-hybridized carbons (Fsp3) is 0.500. The molecule has 0 unspecified atom stereocenters. The Bertz CT molecular complexity index is 1080. The van der Waals surface area contributed by atoms with Gasteiger partial charge < -0.3 is 19.7 Å². The molecule has 2 aromatic rings. The first-order chi connectivity index (χ1) is 16.1. The molecule has 0 bridgehead atoms. The minimum Gasteiger partial charge on any atom is -0.462 e. The van der Waals surface area contributed by atoms with Gasteiger partial charge in [-0.3, -0.25) is 13.9 Å². The summed E-state index contributed by atoms with van der Waals surface area (Å²) in [6, 6.07) is 9.05. The normalized spacial score (nSPS) is 22.8. The summed E-state index contributed by atoms with van der Waals surface area (Å²) in [5.41, 5.74) is 5.05. The highest BCUT2D eigenvalue weighted by Gasteiger charge is 2.38. The van der Waals surface area contributed by atoms with Gasteiger partial charge in [-0.1, -0.05) is 25.1 Å². The number of benzene rings is 1. The molecule has 11 nitrogen and oxygen atoms in total. The highest BCUT2D eigenvalue weighted by Crippen LogP contribution is 2.46. The van der Waals surface area contributed by atoms with Crippen LogP contribution in [0.4, 0.5) is 5.82 Å². The van der Waals surface area contributed by atoms with E-state index in [9.17, 15) is 14.2 Å². The van der Waals surface area contributed by atoms with Crippen molar-refractivity contribution in [3.05, 3.63) is 53.1 Å². The van der Waals surface area contributed by atoms with Crippen LogP contribution >= 0.6 is 7.75 Å². The SMILES string of the molecule is CC(C)OC(=O)[C@@H](C)N[P@@](=O)(OC[C@@H]1C[C@H](C)[C@H](n2ccc(N)nc2=O)O1)Oc1ccccc1. The molecular weight excluding hydrogens is 463 g/mol. The number of aromatic nitrogens is 2. The van der Waals surface area contributed by atoms with E-state index in [2.05, 4.69) is 10.1 Å². The van der Waals surface area contributed by atoms with Gasteiger partial charge in [0, 0.05) is 12.1 Å². The number of anilines is 1. The lowest BCUT2D eigenvalue weighted by atomic mass is 10.1. The molecule has 1 fully saturated rings. The zero-order valence-electron chi connectivity index (χ0n) is 19.6. The molecule has 34 heavy (non-hydrogen) atoms. The van der Waals surface area contributed by atoms with Crippen LogP contribution in [0, 0.1) is 5.92 Å². The lowest BCUT2D eigenvalue weighted by Crippen LogP contribution is -2.36. The Kier molecular flexibility index (Phi) is 8.48. The Morgan fingerprint density at radius 2 is 2.00 bits per heavy atom. The van der Waals surface area contributed by atoms with Crippen molar-refractivity contribution in [3.8, 4) is 5.75 Å². The zero-order valence-corrected chi connectivity index (χ0v) is 20.5. The number of hydrogen-bond acceptors (Lipinski definition) is 9. The van der Waals surface area contributed by atoms with Crippen LogP contribution in [0.25, 0.3) is 0 Å². The highest BCUT2D eigenvalue weighted by atomic mass is 31.2. The summed E-state index contributed by atoms with van der Waals surface area (Å²) >= 11 is 0. The van der Waals surface area contributed by atoms with Gasteiger partial charge in [-0.25, -0.2) is 9.36 Å². The van der Waals surface area contributed by atoms with E-state index >= 15 is 0 Å². The van der Waals surface area contributed by atoms with Crippen molar-refractivity contribution in [2.45, 2.75) is 58.6 Å². The summed E-state index contributed by atoms with van der Waals surface area (Å²) in [4.78, 5) is 28.2. The second-order valence-electron chi connectivity index (χ2n) is 8.44. The van der Waals surface area contributed by atoms with E-state index in [0.717, 1.165) is 0 Å². The van der Waals surface area contributed by atoms with Crippen molar-refractivity contribution in [1.29, 1.82) is 0 Å². The van der Waals surface area contributed by atoms with Gasteiger partial charge in [-0.2, -0.15) is 10.1 Å². The number of nitrogens with one attached hydrogen (secondary N) is 1. The maximum Gasteiger partial charge on any atom is 0.459 e. The molecule has 0 radical (unpaired) electrons. The number of esters is 1. The van der Waals surface area contributed by atoms with Crippen molar-refractivity contribution < 1.29 is 27.9 Å². The van der Waals surface area contributed by atoms with E-state index in [1.54, 1.807) is 44.2 Å². The van der Waals surface area contributed by atoms with Crippen molar-refractivity contribution in [1.82, 2.24) is 14.6 Å². The van der Waals surface area contributed by atoms with E-state index in [-0.39, 0.29) is 24.4 Å². The van der Waals surface area contributed by atoms with E-state index in [1.807, 2.05) is 6.92 Å². The van der Waals surface area contributed by atoms with Crippen LogP contribution in [-0.2, 0) is 23.4 Å². The number of nitrogen functional groups attached to an aromatic ring is 1. The molecule has 0 saturated carbocycles. The Morgan fingerprint density at radius 3 is 2.65 bits per heavy atom. The predicted molar refractivity (Wildman–Crippen MR) is 125 cm³/mol. The summed E-state index contributed by atoms with van der Waals surface area (Å²) in [6.07, 6.45) is 0.692. The summed E-state index contributed by atoms with van der Waals surface area (Å²) in [5, 5.41) is 2.64. The highest BCUT2D eigenvalue weighted by molar-refractivity contribution is 7.52. The molecule has 1 aromatic carbocycles. The van der Waals surface area contributed by atoms with Gasteiger partial charge in [0.15, 0.2) is 0 Å². The van der Waals surface area contributed by atoms with Crippen LogP contribution in [0.15, 0.2) is 47.4 Å². The number of ether oxygens (including phenoxy) is 2. The van der Waals surface area contributed by atoms with Gasteiger partial charge in [-0.05, 0) is 45.4 Å². The largest absolute Gasteiger partial charge is 0.462 e. The third-order valence-corrected chi connectivity index (χ3v) is 6.68. The molecule has 0 amide bonds. The standard InChI is InChI=1S/C22H31N4O7P/c1-14(2)31-21(27)16(4)25-34(29,33-17-8-6-5-7-9-17)30-13-18-12-15(3)20(32-18)26-11-10-19(23)24-22(26)28/h5-11,14-16,18,20H,12-13H2,1-4H3,(H,25,29)(H2,23,24,28)/t15-,16+,18-,20+,34+/m0/s1. The molecule has 1 aliphatic rings. The number of nitrogens with two attached hydrogens (primary N) is 1. The number of hydrogen-bond donors (Lipinski definition) is 2. The minimum absolute atomic E-state index is 0.0425. The molecule has 1 saturated heterocycles. The molecule has 3 rings (SSSR count). The molecule has 0 spiro atoms. The van der Waals surface area contributed by atoms with E-state index < -0.39 is 37.8 Å². The molecular formula is C22H31N4O7P. The van der Waals surface area contributed by atoms with Gasteiger partial charge >= 0.3 is 19.4 Å². The number of nitrogens with zero attached hydrogens (tertiary/aromatic N) is 2. The Morgan fingerprint density at radius 1 is 1.29 bits per heavy atom. The molecule has 1 aromatic heterocycles. The Balaban J connectivity index is 1.70. The van der Waals surface area contributed by atoms with Crippen molar-refractivity contribution >= 4 is 19.5 Å². The average molecular weight is 494 g/mol. The molecule has 186 valence electrons. The second kappa shape index (κ2) is 11.1. The smallest absolute Gasteiger partial charge is 0.459 e. The maximum absolute atomic E-state index is 13.6. The third-order valence-electron chi connectivity index (χ3n) is 5.04. The van der Waals surface area contributed by atoms with Crippen LogP contribution in [0.5, 0.6) is 5.75 Å². The van der Waals surface area contributed by atoms with Gasteiger partial charge in [0.05, 0.1) is 18.8 Å². The number of rotatable bonds is 10. The molecule has 5 atom stereocenters. The summed E-state index contributed by atoms with van der Waals surface area (Å²) in [6.45, 7) is 6.78. The summed E-state index contributed by atoms with van der Waals surface area (Å²) in [5.74, 6) is -0.196. The monoisotopic (exact) mass is 494 g/mol. The number of carbonyl (C=O) groups excluding carboxylic acids is 1. The Hall–Kier alpha value is -2.72. The zero-order chi connectivity index (χ0) is 24.9. The first-order valence-corrected chi connectivity index (χ1v) is 12.6. The van der Waals surface area contributed by atoms with Crippen molar-refractivity contribution in [3.63, 3.8) is 0 Å². The fourth-order valence-corrected chi connectivity index (χ4v) is 5.02. The molecule has 1 aliphatic heterocycles. The molecule has 3 N–H and O–H groups in total. The first kappa shape index (κ1) is 25.9. The molecule has 0 aliphatic carbocycles. The average Bonchev–Trinajstić information content (AvgIpc) is 3.13. The van der Waals surface area contributed by atoms with Crippen LogP contribution in [-0.4, -0.2) is 40.4 Å². The van der Waals surface area contributed by atoms with Gasteiger partial charge in [0.25, 0.3) is 0 Å². The fourth-order valence-electron chi connectivity index (χ4n) is 3.50. The molecule has 12 heteroatoms. The van der Waals surface area contributed by atoms with E-state index in [0.29, 0.717) is 12.2 Å². The van der Waals surface area contributed by atoms with Crippen LogP contribution < -0.4 is 21.0 Å². The quantitative estimate of drug-likeness (QED) is 0.374. The van der Waals surface area contributed by atoms with Gasteiger partial charge in [0.1, 0.15) is 23.8 Å². The second-order valence-corrected chi connectivity index (χ2v) is 10.1. The first-order valence-electron chi connectivity index (χ1n) is 11.0. The summed E-state index contributed by atoms with van der Waals surface area (Å²) in [7, 11) is -4.00. The lowest BCUT2D eigenvalue weighted by Gasteiger charge is -2.24. The topological polar surface area (TPSA) is 144 Å².